The van der Waals surface area contributed by atoms with Crippen LogP contribution in [-0.4, -0.2) is 38.3 Å². The molecule has 8 nitrogen and oxygen atoms in total. The Hall–Kier alpha value is -3.49. The van der Waals surface area contributed by atoms with Crippen LogP contribution in [0.5, 0.6) is 5.75 Å². The van der Waals surface area contributed by atoms with Gasteiger partial charge in [0, 0.05) is 24.5 Å². The number of hydrogen-bond donors (Lipinski definition) is 2. The molecular weight excluding hydrogens is 387 g/mol. The number of aromatic nitrogens is 4. The first-order valence-electron chi connectivity index (χ1n) is 9.72. The van der Waals surface area contributed by atoms with Gasteiger partial charge in [0.1, 0.15) is 6.54 Å². The first-order valence-corrected chi connectivity index (χ1v) is 9.72. The molecule has 0 atom stereocenters. The quantitative estimate of drug-likeness (QED) is 0.589. The summed E-state index contributed by atoms with van der Waals surface area (Å²) in [6, 6.07) is 4.77. The zero-order valence-corrected chi connectivity index (χ0v) is 17.4. The molecule has 30 heavy (non-hydrogen) atoms. The van der Waals surface area contributed by atoms with E-state index < -0.39 is 5.82 Å². The largest absolute Gasteiger partial charge is 0.488 e. The molecule has 0 saturated heterocycles. The van der Waals surface area contributed by atoms with E-state index in [1.165, 1.54) is 10.7 Å². The molecule has 0 spiro atoms. The lowest BCUT2D eigenvalue weighted by Gasteiger charge is -2.12. The normalized spacial score (nSPS) is 10.9. The molecule has 0 bridgehead atoms. The summed E-state index contributed by atoms with van der Waals surface area (Å²) in [6.45, 7) is 8.10. The van der Waals surface area contributed by atoms with E-state index in [9.17, 15) is 9.18 Å². The molecular formula is C21H25FN6O2. The van der Waals surface area contributed by atoms with Crippen LogP contribution in [-0.2, 0) is 11.3 Å². The molecule has 1 amide bonds. The van der Waals surface area contributed by atoms with Gasteiger partial charge in [-0.3, -0.25) is 9.48 Å². The fourth-order valence-corrected chi connectivity index (χ4v) is 2.84. The lowest BCUT2D eigenvalue weighted by Crippen LogP contribution is -2.27. The lowest BCUT2D eigenvalue weighted by atomic mass is 10.1. The molecule has 158 valence electrons. The molecule has 2 N–H and O–H groups in total. The minimum Gasteiger partial charge on any atom is -0.488 e. The minimum absolute atomic E-state index is 0.115. The number of nitrogens with zero attached hydrogens (tertiary/aromatic N) is 4. The Kier molecular flexibility index (Phi) is 6.61. The van der Waals surface area contributed by atoms with Crippen molar-refractivity contribution in [3.05, 3.63) is 48.2 Å². The van der Waals surface area contributed by atoms with Gasteiger partial charge in [0.2, 0.25) is 11.9 Å². The molecule has 0 radical (unpaired) electrons. The number of hydrogen-bond acceptors (Lipinski definition) is 6. The monoisotopic (exact) mass is 412 g/mol. The summed E-state index contributed by atoms with van der Waals surface area (Å²) in [5, 5.41) is 9.93. The van der Waals surface area contributed by atoms with E-state index in [2.05, 4.69) is 25.7 Å². The van der Waals surface area contributed by atoms with Crippen LogP contribution in [0.2, 0.25) is 0 Å². The summed E-state index contributed by atoms with van der Waals surface area (Å²) in [7, 11) is 0. The van der Waals surface area contributed by atoms with Gasteiger partial charge in [-0.05, 0) is 51.5 Å². The first kappa shape index (κ1) is 21.2. The average molecular weight is 412 g/mol. The molecule has 0 aliphatic heterocycles. The molecule has 1 aromatic carbocycles. The molecule has 2 heterocycles. The van der Waals surface area contributed by atoms with Gasteiger partial charge in [-0.25, -0.2) is 14.4 Å². The van der Waals surface area contributed by atoms with E-state index in [1.807, 2.05) is 27.7 Å². The molecule has 0 aliphatic carbocycles. The zero-order chi connectivity index (χ0) is 21.7. The molecule has 2 aromatic heterocycles. The highest BCUT2D eigenvalue weighted by molar-refractivity contribution is 5.75. The van der Waals surface area contributed by atoms with Gasteiger partial charge in [-0.2, -0.15) is 5.10 Å². The number of rotatable bonds is 8. The predicted octanol–water partition coefficient (Wildman–Crippen LogP) is 3.45. The summed E-state index contributed by atoms with van der Waals surface area (Å²) in [4.78, 5) is 20.5. The number of aryl methyl sites for hydroxylation is 1. The lowest BCUT2D eigenvalue weighted by molar-refractivity contribution is -0.121. The minimum atomic E-state index is -0.444. The third-order valence-corrected chi connectivity index (χ3v) is 4.11. The first-order chi connectivity index (χ1) is 14.4. The van der Waals surface area contributed by atoms with Crippen molar-refractivity contribution >= 4 is 17.5 Å². The summed E-state index contributed by atoms with van der Waals surface area (Å²) in [5.41, 5.74) is 2.68. The average Bonchev–Trinajstić information content (AvgIpc) is 3.11. The van der Waals surface area contributed by atoms with Crippen LogP contribution in [0.1, 0.15) is 26.3 Å². The van der Waals surface area contributed by atoms with E-state index in [0.717, 1.165) is 5.56 Å². The molecule has 3 rings (SSSR count). The van der Waals surface area contributed by atoms with Crippen molar-refractivity contribution in [1.29, 1.82) is 0 Å². The Morgan fingerprint density at radius 2 is 2.10 bits per heavy atom. The highest BCUT2D eigenvalue weighted by Gasteiger charge is 2.12. The number of likely N-dealkylation sites (N-methyl/N-ethyl adjacent to an activating group) is 1. The summed E-state index contributed by atoms with van der Waals surface area (Å²) in [6.07, 6.45) is 4.83. The Morgan fingerprint density at radius 3 is 2.80 bits per heavy atom. The molecule has 0 unspecified atom stereocenters. The second kappa shape index (κ2) is 9.34. The van der Waals surface area contributed by atoms with Gasteiger partial charge >= 0.3 is 0 Å². The number of anilines is 2. The Balaban J connectivity index is 1.78. The summed E-state index contributed by atoms with van der Waals surface area (Å²) < 4.78 is 21.4. The highest BCUT2D eigenvalue weighted by Crippen LogP contribution is 2.28. The topological polar surface area (TPSA) is 94.0 Å². The predicted molar refractivity (Wildman–Crippen MR) is 112 cm³/mol. The second-order valence-electron chi connectivity index (χ2n) is 7.04. The van der Waals surface area contributed by atoms with Crippen LogP contribution < -0.4 is 15.4 Å². The van der Waals surface area contributed by atoms with Crippen molar-refractivity contribution in [3.8, 4) is 17.0 Å². The Bertz CT molecular complexity index is 1030. The summed E-state index contributed by atoms with van der Waals surface area (Å²) in [5.74, 6) is -0.0114. The Labute approximate surface area is 174 Å². The smallest absolute Gasteiger partial charge is 0.241 e. The number of amides is 1. The fraction of sp³-hybridized carbons (Fsp3) is 0.333. The molecule has 0 saturated carbocycles. The maximum absolute atomic E-state index is 14.4. The van der Waals surface area contributed by atoms with E-state index in [-0.39, 0.29) is 24.3 Å². The SMILES string of the molecule is CCNC(=O)Cn1cc(Nc2ncc(C)c(-c3ccc(OC(C)C)c(F)c3)n2)cn1. The number of carbonyl (C=O) groups is 1. The van der Waals surface area contributed by atoms with Crippen molar-refractivity contribution in [2.45, 2.75) is 40.3 Å². The highest BCUT2D eigenvalue weighted by atomic mass is 19.1. The van der Waals surface area contributed by atoms with Crippen molar-refractivity contribution in [2.24, 2.45) is 0 Å². The van der Waals surface area contributed by atoms with E-state index >= 15 is 0 Å². The zero-order valence-electron chi connectivity index (χ0n) is 17.4. The van der Waals surface area contributed by atoms with Gasteiger partial charge in [0.25, 0.3) is 0 Å². The van der Waals surface area contributed by atoms with Crippen LogP contribution in [0.3, 0.4) is 0 Å². The van der Waals surface area contributed by atoms with E-state index in [4.69, 9.17) is 4.74 Å². The maximum Gasteiger partial charge on any atom is 0.241 e. The maximum atomic E-state index is 14.4. The van der Waals surface area contributed by atoms with Crippen molar-refractivity contribution in [3.63, 3.8) is 0 Å². The van der Waals surface area contributed by atoms with Crippen LogP contribution in [0.15, 0.2) is 36.8 Å². The number of halogens is 1. The van der Waals surface area contributed by atoms with Crippen LogP contribution in [0.25, 0.3) is 11.3 Å². The van der Waals surface area contributed by atoms with E-state index in [1.54, 1.807) is 30.7 Å². The Morgan fingerprint density at radius 1 is 1.30 bits per heavy atom. The number of benzene rings is 1. The number of ether oxygens (including phenoxy) is 1. The fourth-order valence-electron chi connectivity index (χ4n) is 2.84. The third kappa shape index (κ3) is 5.31. The molecule has 9 heteroatoms. The third-order valence-electron chi connectivity index (χ3n) is 4.11. The van der Waals surface area contributed by atoms with Crippen LogP contribution in [0.4, 0.5) is 16.0 Å². The number of carbonyl (C=O) groups excluding carboxylic acids is 1. The van der Waals surface area contributed by atoms with Gasteiger partial charge in [-0.15, -0.1) is 0 Å². The van der Waals surface area contributed by atoms with Crippen LogP contribution >= 0.6 is 0 Å². The molecule has 3 aromatic rings. The van der Waals surface area contributed by atoms with Crippen LogP contribution in [0, 0.1) is 12.7 Å². The van der Waals surface area contributed by atoms with Crippen molar-refractivity contribution < 1.29 is 13.9 Å². The van der Waals surface area contributed by atoms with Gasteiger partial charge in [0.15, 0.2) is 11.6 Å². The standard InChI is InChI=1S/C21H25FN6O2/c1-5-23-19(29)12-28-11-16(10-25-28)26-21-24-9-14(4)20(27-21)15-6-7-18(17(22)8-15)30-13(2)3/h6-11,13H,5,12H2,1-4H3,(H,23,29)(H,24,26,27). The van der Waals surface area contributed by atoms with E-state index in [0.29, 0.717) is 29.4 Å². The van der Waals surface area contributed by atoms with Crippen molar-refractivity contribution in [1.82, 2.24) is 25.1 Å². The molecule has 0 fully saturated rings. The second-order valence-corrected chi connectivity index (χ2v) is 7.04. The van der Waals surface area contributed by atoms with Gasteiger partial charge in [0.05, 0.1) is 23.7 Å². The summed E-state index contributed by atoms with van der Waals surface area (Å²) >= 11 is 0. The van der Waals surface area contributed by atoms with Gasteiger partial charge in [-0.1, -0.05) is 0 Å². The van der Waals surface area contributed by atoms with Gasteiger partial charge < -0.3 is 15.4 Å². The van der Waals surface area contributed by atoms with Crippen molar-refractivity contribution in [2.75, 3.05) is 11.9 Å². The molecule has 0 aliphatic rings. The number of nitrogens with one attached hydrogen (secondary N) is 2.